The molecular weight excluding hydrogens is 294 g/mol. The molecule has 2 atom stereocenters. The molecule has 1 heterocycles. The Bertz CT molecular complexity index is 688. The zero-order chi connectivity index (χ0) is 16.4. The van der Waals surface area contributed by atoms with Crippen LogP contribution in [0.2, 0.25) is 0 Å². The maximum atomic E-state index is 12.0. The highest BCUT2D eigenvalue weighted by molar-refractivity contribution is 5.91. The second-order valence-electron chi connectivity index (χ2n) is 6.79. The van der Waals surface area contributed by atoms with Crippen LogP contribution in [0.15, 0.2) is 72.4 Å². The number of benzene rings is 2. The summed E-state index contributed by atoms with van der Waals surface area (Å²) in [7, 11) is 0. The van der Waals surface area contributed by atoms with E-state index in [9.17, 15) is 4.79 Å². The first-order chi connectivity index (χ1) is 11.8. The average Bonchev–Trinajstić information content (AvgIpc) is 3.08. The van der Waals surface area contributed by atoms with Gasteiger partial charge in [0.2, 0.25) is 0 Å². The van der Waals surface area contributed by atoms with Gasteiger partial charge in [0.1, 0.15) is 0 Å². The molecule has 0 bridgehead atoms. The second kappa shape index (κ2) is 6.64. The van der Waals surface area contributed by atoms with E-state index in [0.717, 1.165) is 25.7 Å². The standard InChI is InChI=1S/C22H23NO/c24-20-13-7-12-19(16-20)23-21(17-8-3-1-4-9-17)14-15-22(23)18-10-5-2-6-11-18/h1-6,8-11,16,21-22H,7,12-15H2/t21-,22-/m1/s1. The van der Waals surface area contributed by atoms with E-state index in [4.69, 9.17) is 0 Å². The lowest BCUT2D eigenvalue weighted by Gasteiger charge is -2.36. The maximum Gasteiger partial charge on any atom is 0.157 e. The molecule has 122 valence electrons. The summed E-state index contributed by atoms with van der Waals surface area (Å²) in [6, 6.07) is 22.2. The van der Waals surface area contributed by atoms with Gasteiger partial charge in [0.25, 0.3) is 0 Å². The quantitative estimate of drug-likeness (QED) is 0.775. The van der Waals surface area contributed by atoms with E-state index in [1.54, 1.807) is 0 Å². The number of rotatable bonds is 3. The number of hydrogen-bond acceptors (Lipinski definition) is 2. The number of ketones is 1. The van der Waals surface area contributed by atoms with Gasteiger partial charge in [-0.05, 0) is 36.8 Å². The van der Waals surface area contributed by atoms with E-state index in [0.29, 0.717) is 18.5 Å². The van der Waals surface area contributed by atoms with Crippen molar-refractivity contribution in [3.8, 4) is 0 Å². The summed E-state index contributed by atoms with van der Waals surface area (Å²) in [5.74, 6) is 0.279. The summed E-state index contributed by atoms with van der Waals surface area (Å²) in [5.41, 5.74) is 3.94. The number of hydrogen-bond donors (Lipinski definition) is 0. The van der Waals surface area contributed by atoms with Gasteiger partial charge < -0.3 is 4.90 Å². The highest BCUT2D eigenvalue weighted by atomic mass is 16.1. The lowest BCUT2D eigenvalue weighted by molar-refractivity contribution is -0.115. The van der Waals surface area contributed by atoms with Crippen molar-refractivity contribution in [2.24, 2.45) is 0 Å². The van der Waals surface area contributed by atoms with E-state index < -0.39 is 0 Å². The fourth-order valence-electron chi connectivity index (χ4n) is 4.19. The molecule has 24 heavy (non-hydrogen) atoms. The topological polar surface area (TPSA) is 20.3 Å². The van der Waals surface area contributed by atoms with Crippen molar-refractivity contribution in [3.63, 3.8) is 0 Å². The third-order valence-electron chi connectivity index (χ3n) is 5.27. The Labute approximate surface area is 143 Å². The van der Waals surface area contributed by atoms with Crippen LogP contribution in [0.3, 0.4) is 0 Å². The van der Waals surface area contributed by atoms with Gasteiger partial charge in [0.05, 0.1) is 12.1 Å². The van der Waals surface area contributed by atoms with Gasteiger partial charge in [-0.2, -0.15) is 0 Å². The van der Waals surface area contributed by atoms with Crippen LogP contribution in [-0.2, 0) is 4.79 Å². The molecule has 2 heteroatoms. The summed E-state index contributed by atoms with van der Waals surface area (Å²) in [5, 5.41) is 0. The largest absolute Gasteiger partial charge is 0.361 e. The van der Waals surface area contributed by atoms with Crippen LogP contribution in [0.25, 0.3) is 0 Å². The lowest BCUT2D eigenvalue weighted by Crippen LogP contribution is -2.28. The number of allylic oxidation sites excluding steroid dienone is 2. The van der Waals surface area contributed by atoms with Crippen LogP contribution in [0, 0.1) is 0 Å². The van der Waals surface area contributed by atoms with Crippen LogP contribution in [-0.4, -0.2) is 10.7 Å². The van der Waals surface area contributed by atoms with E-state index in [1.165, 1.54) is 16.8 Å². The van der Waals surface area contributed by atoms with Gasteiger partial charge in [0.15, 0.2) is 5.78 Å². The van der Waals surface area contributed by atoms with Gasteiger partial charge in [-0.25, -0.2) is 0 Å². The smallest absolute Gasteiger partial charge is 0.157 e. The molecule has 2 aliphatic rings. The van der Waals surface area contributed by atoms with E-state index in [2.05, 4.69) is 65.6 Å². The monoisotopic (exact) mass is 317 g/mol. The first kappa shape index (κ1) is 15.2. The molecule has 1 aliphatic heterocycles. The fourth-order valence-corrected chi connectivity index (χ4v) is 4.19. The Morgan fingerprint density at radius 1 is 0.750 bits per heavy atom. The summed E-state index contributed by atoms with van der Waals surface area (Å²) in [4.78, 5) is 14.5. The Kier molecular flexibility index (Phi) is 4.20. The van der Waals surface area contributed by atoms with Crippen LogP contribution in [0.5, 0.6) is 0 Å². The van der Waals surface area contributed by atoms with Crippen LogP contribution in [0.1, 0.15) is 55.3 Å². The molecule has 0 spiro atoms. The molecule has 0 radical (unpaired) electrons. The van der Waals surface area contributed by atoms with Crippen LogP contribution < -0.4 is 0 Å². The molecule has 2 aromatic rings. The highest BCUT2D eigenvalue weighted by Gasteiger charge is 2.36. The van der Waals surface area contributed by atoms with Crippen molar-refractivity contribution >= 4 is 5.78 Å². The second-order valence-corrected chi connectivity index (χ2v) is 6.79. The Balaban J connectivity index is 1.74. The van der Waals surface area contributed by atoms with Crippen molar-refractivity contribution in [1.29, 1.82) is 0 Å². The molecule has 0 saturated carbocycles. The molecular formula is C22H23NO. The molecule has 1 saturated heterocycles. The number of carbonyl (C=O) groups excluding carboxylic acids is 1. The summed E-state index contributed by atoms with van der Waals surface area (Å²) < 4.78 is 0. The van der Waals surface area contributed by atoms with Gasteiger partial charge in [0, 0.05) is 18.2 Å². The SMILES string of the molecule is O=C1C=C(N2[C@@H](c3ccccc3)CC[C@@H]2c2ccccc2)CCC1. The predicted octanol–water partition coefficient (Wildman–Crippen LogP) is 5.20. The fraction of sp³-hybridized carbons (Fsp3) is 0.318. The van der Waals surface area contributed by atoms with Crippen molar-refractivity contribution in [1.82, 2.24) is 4.90 Å². The highest BCUT2D eigenvalue weighted by Crippen LogP contribution is 2.47. The molecule has 2 nitrogen and oxygen atoms in total. The third-order valence-corrected chi connectivity index (χ3v) is 5.27. The number of carbonyl (C=O) groups is 1. The van der Waals surface area contributed by atoms with E-state index in [-0.39, 0.29) is 5.78 Å². The average molecular weight is 317 g/mol. The zero-order valence-corrected chi connectivity index (χ0v) is 13.9. The number of nitrogens with zero attached hydrogens (tertiary/aromatic N) is 1. The Hall–Kier alpha value is -2.35. The Morgan fingerprint density at radius 2 is 1.29 bits per heavy atom. The molecule has 4 rings (SSSR count). The van der Waals surface area contributed by atoms with Crippen molar-refractivity contribution in [2.45, 2.75) is 44.2 Å². The summed E-state index contributed by atoms with van der Waals surface area (Å²) >= 11 is 0. The van der Waals surface area contributed by atoms with E-state index in [1.807, 2.05) is 6.08 Å². The maximum absolute atomic E-state index is 12.0. The normalized spacial score (nSPS) is 24.1. The van der Waals surface area contributed by atoms with Gasteiger partial charge in [-0.15, -0.1) is 0 Å². The molecule has 1 aliphatic carbocycles. The third kappa shape index (κ3) is 2.89. The first-order valence-electron chi connectivity index (χ1n) is 8.94. The summed E-state index contributed by atoms with van der Waals surface area (Å²) in [6.45, 7) is 0. The number of likely N-dealkylation sites (tertiary alicyclic amines) is 1. The molecule has 0 N–H and O–H groups in total. The summed E-state index contributed by atoms with van der Waals surface area (Å²) in [6.07, 6.45) is 6.86. The molecule has 0 unspecified atom stereocenters. The molecule has 1 fully saturated rings. The molecule has 2 aromatic carbocycles. The van der Waals surface area contributed by atoms with E-state index >= 15 is 0 Å². The minimum Gasteiger partial charge on any atom is -0.361 e. The van der Waals surface area contributed by atoms with Gasteiger partial charge in [-0.1, -0.05) is 60.7 Å². The zero-order valence-electron chi connectivity index (χ0n) is 13.9. The first-order valence-corrected chi connectivity index (χ1v) is 8.94. The van der Waals surface area contributed by atoms with Crippen LogP contribution in [0.4, 0.5) is 0 Å². The molecule has 0 amide bonds. The molecule has 0 aromatic heterocycles. The van der Waals surface area contributed by atoms with Gasteiger partial charge >= 0.3 is 0 Å². The van der Waals surface area contributed by atoms with Crippen molar-refractivity contribution in [2.75, 3.05) is 0 Å². The van der Waals surface area contributed by atoms with Gasteiger partial charge in [-0.3, -0.25) is 4.79 Å². The van der Waals surface area contributed by atoms with Crippen molar-refractivity contribution in [3.05, 3.63) is 83.6 Å². The minimum absolute atomic E-state index is 0.279. The van der Waals surface area contributed by atoms with Crippen LogP contribution >= 0.6 is 0 Å². The van der Waals surface area contributed by atoms with Crippen molar-refractivity contribution < 1.29 is 4.79 Å². The lowest BCUT2D eigenvalue weighted by atomic mass is 9.98. The minimum atomic E-state index is 0.279. The Morgan fingerprint density at radius 3 is 1.79 bits per heavy atom. The predicted molar refractivity (Wildman–Crippen MR) is 96.4 cm³/mol.